The fourth-order valence-corrected chi connectivity index (χ4v) is 2.91. The van der Waals surface area contributed by atoms with Crippen molar-refractivity contribution in [1.29, 1.82) is 5.26 Å². The number of carbonyl (C=O) groups is 1. The molecule has 3 rings (SSSR count). The van der Waals surface area contributed by atoms with Gasteiger partial charge in [-0.15, -0.1) is 0 Å². The first-order chi connectivity index (χ1) is 10.4. The Bertz CT molecular complexity index is 690. The number of allylic oxidation sites excluding steroid dienone is 1. The third-order valence-corrected chi connectivity index (χ3v) is 3.92. The van der Waals surface area contributed by atoms with Crippen molar-refractivity contribution < 1.29 is 18.0 Å². The monoisotopic (exact) mass is 307 g/mol. The summed E-state index contributed by atoms with van der Waals surface area (Å²) in [6.45, 7) is 0. The van der Waals surface area contributed by atoms with Gasteiger partial charge in [-0.3, -0.25) is 4.90 Å². The van der Waals surface area contributed by atoms with Crippen LogP contribution >= 0.6 is 0 Å². The standard InChI is InChI=1S/C15H12F3N3O/c16-15(17,18)11-7-10(6-5-9(11)8-19)21-13-4-2-1-3-12(13)20-14(21)22/h2,4-7,12-13H,1,3H2,(H,20,22). The summed E-state index contributed by atoms with van der Waals surface area (Å²) in [4.78, 5) is 13.4. The molecule has 1 heterocycles. The van der Waals surface area contributed by atoms with Gasteiger partial charge in [0.1, 0.15) is 0 Å². The third kappa shape index (κ3) is 2.30. The molecule has 1 aliphatic heterocycles. The molecule has 2 aliphatic rings. The molecule has 7 heteroatoms. The van der Waals surface area contributed by atoms with E-state index >= 15 is 0 Å². The number of amides is 2. The summed E-state index contributed by atoms with van der Waals surface area (Å²) in [5, 5.41) is 11.6. The van der Waals surface area contributed by atoms with Crippen molar-refractivity contribution in [3.8, 4) is 6.07 Å². The van der Waals surface area contributed by atoms with Gasteiger partial charge in [0.15, 0.2) is 0 Å². The van der Waals surface area contributed by atoms with Gasteiger partial charge in [0, 0.05) is 5.69 Å². The number of halogens is 3. The Morgan fingerprint density at radius 3 is 2.82 bits per heavy atom. The van der Waals surface area contributed by atoms with Crippen molar-refractivity contribution in [3.63, 3.8) is 0 Å². The highest BCUT2D eigenvalue weighted by atomic mass is 19.4. The number of nitrogens with one attached hydrogen (secondary N) is 1. The highest BCUT2D eigenvalue weighted by Gasteiger charge is 2.41. The molecule has 4 nitrogen and oxygen atoms in total. The van der Waals surface area contributed by atoms with E-state index in [2.05, 4.69) is 5.32 Å². The lowest BCUT2D eigenvalue weighted by atomic mass is 9.97. The maximum atomic E-state index is 13.0. The second-order valence-corrected chi connectivity index (χ2v) is 5.26. The van der Waals surface area contributed by atoms with Gasteiger partial charge in [0.25, 0.3) is 0 Å². The first kappa shape index (κ1) is 14.4. The second kappa shape index (κ2) is 5.05. The van der Waals surface area contributed by atoms with Gasteiger partial charge in [-0.1, -0.05) is 12.2 Å². The molecular weight excluding hydrogens is 295 g/mol. The summed E-state index contributed by atoms with van der Waals surface area (Å²) in [6.07, 6.45) is 0.696. The quantitative estimate of drug-likeness (QED) is 0.810. The van der Waals surface area contributed by atoms with Crippen LogP contribution in [0, 0.1) is 11.3 Å². The van der Waals surface area contributed by atoms with Crippen LogP contribution in [0.25, 0.3) is 0 Å². The number of anilines is 1. The van der Waals surface area contributed by atoms with E-state index in [0.717, 1.165) is 25.0 Å². The third-order valence-electron chi connectivity index (χ3n) is 3.92. The van der Waals surface area contributed by atoms with Crippen LogP contribution in [0.4, 0.5) is 23.7 Å². The molecule has 0 bridgehead atoms. The highest BCUT2D eigenvalue weighted by molar-refractivity contribution is 5.96. The van der Waals surface area contributed by atoms with Gasteiger partial charge in [0.05, 0.1) is 29.3 Å². The molecule has 2 amide bonds. The van der Waals surface area contributed by atoms with Crippen LogP contribution in [0.15, 0.2) is 30.4 Å². The van der Waals surface area contributed by atoms with E-state index in [4.69, 9.17) is 5.26 Å². The zero-order valence-electron chi connectivity index (χ0n) is 11.4. The number of alkyl halides is 3. The average Bonchev–Trinajstić information content (AvgIpc) is 2.81. The van der Waals surface area contributed by atoms with Gasteiger partial charge in [-0.05, 0) is 31.0 Å². The molecular formula is C15H12F3N3O. The van der Waals surface area contributed by atoms with Gasteiger partial charge in [-0.25, -0.2) is 4.79 Å². The molecule has 1 aromatic rings. The number of benzene rings is 1. The number of carbonyl (C=O) groups excluding carboxylic acids is 1. The molecule has 0 radical (unpaired) electrons. The Balaban J connectivity index is 2.05. The first-order valence-corrected chi connectivity index (χ1v) is 6.79. The second-order valence-electron chi connectivity index (χ2n) is 5.26. The molecule has 1 fully saturated rings. The van der Waals surface area contributed by atoms with Crippen LogP contribution in [0.2, 0.25) is 0 Å². The van der Waals surface area contributed by atoms with Gasteiger partial charge >= 0.3 is 12.2 Å². The molecule has 2 unspecified atom stereocenters. The summed E-state index contributed by atoms with van der Waals surface area (Å²) in [6, 6.07) is 4.07. The van der Waals surface area contributed by atoms with Crippen LogP contribution in [0.3, 0.4) is 0 Å². The van der Waals surface area contributed by atoms with Gasteiger partial charge in [0.2, 0.25) is 0 Å². The molecule has 0 aromatic heterocycles. The largest absolute Gasteiger partial charge is 0.417 e. The predicted molar refractivity (Wildman–Crippen MR) is 73.1 cm³/mol. The Labute approximate surface area is 124 Å². The van der Waals surface area contributed by atoms with Crippen molar-refractivity contribution in [2.45, 2.75) is 31.1 Å². The van der Waals surface area contributed by atoms with Crippen LogP contribution in [0.1, 0.15) is 24.0 Å². The highest BCUT2D eigenvalue weighted by Crippen LogP contribution is 2.36. The minimum atomic E-state index is -4.64. The maximum absolute atomic E-state index is 13.0. The minimum absolute atomic E-state index is 0.0949. The first-order valence-electron chi connectivity index (χ1n) is 6.79. The number of nitrogens with zero attached hydrogens (tertiary/aromatic N) is 2. The summed E-state index contributed by atoms with van der Waals surface area (Å²) in [5.41, 5.74) is -1.34. The lowest BCUT2D eigenvalue weighted by molar-refractivity contribution is -0.137. The van der Waals surface area contributed by atoms with Crippen LogP contribution in [-0.4, -0.2) is 18.1 Å². The molecule has 1 aromatic carbocycles. The normalized spacial score (nSPS) is 23.9. The zero-order chi connectivity index (χ0) is 15.9. The molecule has 114 valence electrons. The number of urea groups is 1. The van der Waals surface area contributed by atoms with E-state index in [-0.39, 0.29) is 17.8 Å². The van der Waals surface area contributed by atoms with Crippen LogP contribution < -0.4 is 10.2 Å². The van der Waals surface area contributed by atoms with Crippen molar-refractivity contribution >= 4 is 11.7 Å². The van der Waals surface area contributed by atoms with Gasteiger partial charge in [-0.2, -0.15) is 18.4 Å². The average molecular weight is 307 g/mol. The number of hydrogen-bond acceptors (Lipinski definition) is 2. The molecule has 0 saturated carbocycles. The molecule has 1 aliphatic carbocycles. The molecule has 1 N–H and O–H groups in total. The predicted octanol–water partition coefficient (Wildman–Crippen LogP) is 3.19. The smallest absolute Gasteiger partial charge is 0.333 e. The van der Waals surface area contributed by atoms with E-state index in [1.54, 1.807) is 0 Å². The summed E-state index contributed by atoms with van der Waals surface area (Å²) < 4.78 is 39.1. The van der Waals surface area contributed by atoms with E-state index in [0.29, 0.717) is 0 Å². The van der Waals surface area contributed by atoms with Crippen LogP contribution in [-0.2, 0) is 6.18 Å². The Morgan fingerprint density at radius 2 is 2.14 bits per heavy atom. The molecule has 2 atom stereocenters. The number of rotatable bonds is 1. The van der Waals surface area contributed by atoms with Crippen molar-refractivity contribution in [2.75, 3.05) is 4.90 Å². The number of nitriles is 1. The number of hydrogen-bond donors (Lipinski definition) is 1. The summed E-state index contributed by atoms with van der Waals surface area (Å²) in [5.74, 6) is 0. The molecule has 22 heavy (non-hydrogen) atoms. The summed E-state index contributed by atoms with van der Waals surface area (Å²) in [7, 11) is 0. The van der Waals surface area contributed by atoms with Crippen molar-refractivity contribution in [1.82, 2.24) is 5.32 Å². The maximum Gasteiger partial charge on any atom is 0.417 e. The van der Waals surface area contributed by atoms with E-state index in [9.17, 15) is 18.0 Å². The fourth-order valence-electron chi connectivity index (χ4n) is 2.91. The lowest BCUT2D eigenvalue weighted by Crippen LogP contribution is -2.36. The van der Waals surface area contributed by atoms with Crippen molar-refractivity contribution in [2.24, 2.45) is 0 Å². The van der Waals surface area contributed by atoms with Crippen molar-refractivity contribution in [3.05, 3.63) is 41.5 Å². The van der Waals surface area contributed by atoms with E-state index in [1.165, 1.54) is 17.0 Å². The minimum Gasteiger partial charge on any atom is -0.333 e. The van der Waals surface area contributed by atoms with Crippen LogP contribution in [0.5, 0.6) is 0 Å². The Hall–Kier alpha value is -2.49. The fraction of sp³-hybridized carbons (Fsp3) is 0.333. The zero-order valence-corrected chi connectivity index (χ0v) is 11.4. The Morgan fingerprint density at radius 1 is 1.36 bits per heavy atom. The molecule has 1 saturated heterocycles. The SMILES string of the molecule is N#Cc1ccc(N2C(=O)NC3CCC=CC32)cc1C(F)(F)F. The topological polar surface area (TPSA) is 56.1 Å². The lowest BCUT2D eigenvalue weighted by Gasteiger charge is -2.26. The van der Waals surface area contributed by atoms with E-state index in [1.807, 2.05) is 12.2 Å². The molecule has 0 spiro atoms. The van der Waals surface area contributed by atoms with Gasteiger partial charge < -0.3 is 5.32 Å². The summed E-state index contributed by atoms with van der Waals surface area (Å²) >= 11 is 0. The van der Waals surface area contributed by atoms with E-state index < -0.39 is 23.3 Å². The Kier molecular flexibility index (Phi) is 3.32. The number of fused-ring (bicyclic) bond motifs is 1.